The van der Waals surface area contributed by atoms with Crippen molar-refractivity contribution < 1.29 is 26.4 Å². The quantitative estimate of drug-likeness (QED) is 0.665. The van der Waals surface area contributed by atoms with Gasteiger partial charge in [0.25, 0.3) is 15.9 Å². The van der Waals surface area contributed by atoms with E-state index in [2.05, 4.69) is 5.32 Å². The molecule has 1 amide bonds. The molecule has 1 saturated carbocycles. The summed E-state index contributed by atoms with van der Waals surface area (Å²) >= 11 is 6.18. The van der Waals surface area contributed by atoms with E-state index in [0.717, 1.165) is 11.6 Å². The molecule has 4 rings (SSSR count). The molecule has 0 saturated heterocycles. The highest BCUT2D eigenvalue weighted by Gasteiger charge is 2.46. The average Bonchev–Trinajstić information content (AvgIpc) is 3.18. The molecule has 10 heteroatoms. The smallest absolute Gasteiger partial charge is 0.349 e. The van der Waals surface area contributed by atoms with Crippen LogP contribution in [0.4, 0.5) is 18.9 Å². The molecule has 2 aromatic rings. The number of halogens is 4. The van der Waals surface area contributed by atoms with Crippen LogP contribution in [0.1, 0.15) is 41.6 Å². The minimum Gasteiger partial charge on any atom is -0.349 e. The molecule has 2 atom stereocenters. The molecule has 5 nitrogen and oxygen atoms in total. The predicted octanol–water partition coefficient (Wildman–Crippen LogP) is 4.94. The number of sulfonamides is 1. The minimum atomic E-state index is -4.41. The maximum atomic E-state index is 13.4. The Kier molecular flexibility index (Phi) is 6.15. The number of benzene rings is 2. The number of carbonyl (C=O) groups excluding carboxylic acids is 1. The zero-order valence-electron chi connectivity index (χ0n) is 17.0. The van der Waals surface area contributed by atoms with E-state index in [-0.39, 0.29) is 34.9 Å². The second-order valence-corrected chi connectivity index (χ2v) is 10.4. The van der Waals surface area contributed by atoms with Crippen LogP contribution in [0, 0.1) is 5.92 Å². The van der Waals surface area contributed by atoms with Crippen molar-refractivity contribution in [1.82, 2.24) is 5.32 Å². The highest BCUT2D eigenvalue weighted by atomic mass is 35.5. The van der Waals surface area contributed by atoms with Crippen molar-refractivity contribution in [2.45, 2.75) is 49.2 Å². The number of fused-ring (bicyclic) bond motifs is 1. The third-order valence-corrected chi connectivity index (χ3v) is 8.40. The molecule has 32 heavy (non-hydrogen) atoms. The lowest BCUT2D eigenvalue weighted by Crippen LogP contribution is -2.47. The largest absolute Gasteiger partial charge is 0.393 e. The van der Waals surface area contributed by atoms with Crippen LogP contribution in [0.5, 0.6) is 0 Å². The van der Waals surface area contributed by atoms with Gasteiger partial charge < -0.3 is 5.32 Å². The van der Waals surface area contributed by atoms with Crippen molar-refractivity contribution in [2.75, 3.05) is 10.8 Å². The van der Waals surface area contributed by atoms with Gasteiger partial charge in [0.05, 0.1) is 16.6 Å². The molecule has 2 aromatic carbocycles. The summed E-state index contributed by atoms with van der Waals surface area (Å²) in [4.78, 5) is 12.5. The first-order chi connectivity index (χ1) is 15.1. The second-order valence-electron chi connectivity index (χ2n) is 8.11. The van der Waals surface area contributed by atoms with E-state index in [9.17, 15) is 26.4 Å². The third-order valence-electron chi connectivity index (χ3n) is 6.11. The van der Waals surface area contributed by atoms with Gasteiger partial charge in [-0.15, -0.1) is 0 Å². The molecular weight excluding hydrogens is 465 g/mol. The summed E-state index contributed by atoms with van der Waals surface area (Å²) in [6, 6.07) is 9.80. The maximum Gasteiger partial charge on any atom is 0.393 e. The first-order valence-electron chi connectivity index (χ1n) is 10.4. The van der Waals surface area contributed by atoms with Gasteiger partial charge in [-0.1, -0.05) is 42.6 Å². The van der Waals surface area contributed by atoms with Crippen LogP contribution in [-0.2, 0) is 16.4 Å². The highest BCUT2D eigenvalue weighted by molar-refractivity contribution is 7.93. The molecule has 172 valence electrons. The first-order valence-corrected chi connectivity index (χ1v) is 12.2. The zero-order valence-corrected chi connectivity index (χ0v) is 18.6. The molecule has 0 radical (unpaired) electrons. The standard InChI is InChI=1S/C22H22ClF3N2O3S/c23-17-10-9-15(21(29)27-18-7-3-2-6-16(18)22(24,25)26)13-20(17)32(30,31)28-12-11-14-5-1-4-8-19(14)28/h1,4-5,8-10,13,16,18H,2-3,6-7,11-12H2,(H,27,29). The monoisotopic (exact) mass is 486 g/mol. The fourth-order valence-electron chi connectivity index (χ4n) is 4.47. The number of nitrogens with one attached hydrogen (secondary N) is 1. The van der Waals surface area contributed by atoms with Gasteiger partial charge in [0.15, 0.2) is 0 Å². The number of para-hydroxylation sites is 1. The Morgan fingerprint density at radius 1 is 1.09 bits per heavy atom. The van der Waals surface area contributed by atoms with Gasteiger partial charge in [0, 0.05) is 18.2 Å². The van der Waals surface area contributed by atoms with Gasteiger partial charge in [-0.05, 0) is 49.1 Å². The molecule has 0 spiro atoms. The lowest BCUT2D eigenvalue weighted by Gasteiger charge is -2.33. The van der Waals surface area contributed by atoms with Crippen molar-refractivity contribution in [3.63, 3.8) is 0 Å². The Hall–Kier alpha value is -2.26. The van der Waals surface area contributed by atoms with Crippen LogP contribution in [0.2, 0.25) is 5.02 Å². The summed E-state index contributed by atoms with van der Waals surface area (Å²) < 4.78 is 68.0. The average molecular weight is 487 g/mol. The Bertz CT molecular complexity index is 1140. The maximum absolute atomic E-state index is 13.4. The summed E-state index contributed by atoms with van der Waals surface area (Å²) in [5, 5.41) is 2.41. The van der Waals surface area contributed by atoms with Crippen LogP contribution in [0.15, 0.2) is 47.4 Å². The molecule has 2 aliphatic rings. The molecule has 1 aliphatic carbocycles. The molecule has 1 aliphatic heterocycles. The Labute approximate surface area is 189 Å². The number of carbonyl (C=O) groups is 1. The van der Waals surface area contributed by atoms with Gasteiger partial charge in [-0.25, -0.2) is 8.42 Å². The van der Waals surface area contributed by atoms with Crippen LogP contribution in [0.3, 0.4) is 0 Å². The Balaban J connectivity index is 1.61. The van der Waals surface area contributed by atoms with Crippen molar-refractivity contribution in [3.05, 3.63) is 58.6 Å². The first kappa shape index (κ1) is 22.9. The number of anilines is 1. The fourth-order valence-corrected chi connectivity index (χ4v) is 6.47. The lowest BCUT2D eigenvalue weighted by atomic mass is 9.84. The third kappa shape index (κ3) is 4.32. The summed E-state index contributed by atoms with van der Waals surface area (Å²) in [6.07, 6.45) is -2.63. The van der Waals surface area contributed by atoms with E-state index in [1.54, 1.807) is 12.1 Å². The molecular formula is C22H22ClF3N2O3S. The highest BCUT2D eigenvalue weighted by Crippen LogP contribution is 2.38. The van der Waals surface area contributed by atoms with Crippen molar-refractivity contribution in [3.8, 4) is 0 Å². The number of alkyl halides is 3. The summed E-state index contributed by atoms with van der Waals surface area (Å²) in [7, 11) is -4.06. The zero-order chi connectivity index (χ0) is 23.1. The van der Waals surface area contributed by atoms with E-state index in [4.69, 9.17) is 11.6 Å². The molecule has 0 bridgehead atoms. The van der Waals surface area contributed by atoms with Crippen molar-refractivity contribution in [2.24, 2.45) is 5.92 Å². The fraction of sp³-hybridized carbons (Fsp3) is 0.409. The van der Waals surface area contributed by atoms with Gasteiger partial charge in [0.1, 0.15) is 4.90 Å². The Morgan fingerprint density at radius 2 is 1.81 bits per heavy atom. The van der Waals surface area contributed by atoms with Crippen LogP contribution < -0.4 is 9.62 Å². The SMILES string of the molecule is O=C(NC1CCCCC1C(F)(F)F)c1ccc(Cl)c(S(=O)(=O)N2CCc3ccccc32)c1. The molecule has 1 heterocycles. The van der Waals surface area contributed by atoms with Crippen molar-refractivity contribution >= 4 is 33.2 Å². The topological polar surface area (TPSA) is 66.5 Å². The molecule has 0 aromatic heterocycles. The van der Waals surface area contributed by atoms with Gasteiger partial charge in [-0.3, -0.25) is 9.10 Å². The number of amides is 1. The van der Waals surface area contributed by atoms with E-state index in [0.29, 0.717) is 24.9 Å². The lowest BCUT2D eigenvalue weighted by molar-refractivity contribution is -0.187. The predicted molar refractivity (Wildman–Crippen MR) is 115 cm³/mol. The number of rotatable bonds is 4. The van der Waals surface area contributed by atoms with Crippen LogP contribution >= 0.6 is 11.6 Å². The Morgan fingerprint density at radius 3 is 2.56 bits per heavy atom. The van der Waals surface area contributed by atoms with E-state index in [1.807, 2.05) is 12.1 Å². The summed E-state index contributed by atoms with van der Waals surface area (Å²) in [5.74, 6) is -2.36. The van der Waals surface area contributed by atoms with E-state index in [1.165, 1.54) is 16.4 Å². The van der Waals surface area contributed by atoms with Crippen LogP contribution in [-0.4, -0.2) is 33.1 Å². The van der Waals surface area contributed by atoms with Gasteiger partial charge in [0.2, 0.25) is 0 Å². The van der Waals surface area contributed by atoms with Crippen LogP contribution in [0.25, 0.3) is 0 Å². The summed E-state index contributed by atoms with van der Waals surface area (Å²) in [6.45, 7) is 0.240. The van der Waals surface area contributed by atoms with Gasteiger partial charge >= 0.3 is 6.18 Å². The van der Waals surface area contributed by atoms with Crippen molar-refractivity contribution in [1.29, 1.82) is 0 Å². The van der Waals surface area contributed by atoms with E-state index < -0.39 is 34.1 Å². The number of nitrogens with zero attached hydrogens (tertiary/aromatic N) is 1. The normalized spacial score (nSPS) is 21.3. The summed E-state index contributed by atoms with van der Waals surface area (Å²) in [5.41, 5.74) is 1.39. The number of hydrogen-bond acceptors (Lipinski definition) is 3. The molecule has 2 unspecified atom stereocenters. The molecule has 1 fully saturated rings. The second kappa shape index (κ2) is 8.59. The number of hydrogen-bond donors (Lipinski definition) is 1. The molecule has 1 N–H and O–H groups in total. The van der Waals surface area contributed by atoms with E-state index >= 15 is 0 Å². The minimum absolute atomic E-state index is 0.0386. The van der Waals surface area contributed by atoms with Gasteiger partial charge in [-0.2, -0.15) is 13.2 Å².